The zero-order valence-corrected chi connectivity index (χ0v) is 12.3. The Hall–Kier alpha value is -1.09. The van der Waals surface area contributed by atoms with Crippen LogP contribution in [-0.4, -0.2) is 30.6 Å². The van der Waals surface area contributed by atoms with E-state index in [0.29, 0.717) is 5.92 Å². The van der Waals surface area contributed by atoms with E-state index in [2.05, 4.69) is 19.0 Å². The summed E-state index contributed by atoms with van der Waals surface area (Å²) in [6, 6.07) is 4.50. The largest absolute Gasteiger partial charge is 0.508 e. The summed E-state index contributed by atoms with van der Waals surface area (Å²) in [5, 5.41) is 9.71. The van der Waals surface area contributed by atoms with Crippen LogP contribution in [0.15, 0.2) is 18.2 Å². The maximum absolute atomic E-state index is 14.2. The number of benzene rings is 1. The van der Waals surface area contributed by atoms with Gasteiger partial charge in [-0.25, -0.2) is 4.39 Å². The van der Waals surface area contributed by atoms with E-state index in [1.54, 1.807) is 6.07 Å². The Morgan fingerprint density at radius 1 is 1.25 bits per heavy atom. The average Bonchev–Trinajstić information content (AvgIpc) is 2.79. The van der Waals surface area contributed by atoms with Crippen LogP contribution in [0.4, 0.5) is 4.39 Å². The highest BCUT2D eigenvalue weighted by atomic mass is 19.1. The van der Waals surface area contributed by atoms with Crippen LogP contribution in [0.25, 0.3) is 0 Å². The van der Waals surface area contributed by atoms with Crippen LogP contribution in [-0.2, 0) is 0 Å². The van der Waals surface area contributed by atoms with E-state index < -0.39 is 0 Å². The van der Waals surface area contributed by atoms with Gasteiger partial charge in [0.15, 0.2) is 0 Å². The van der Waals surface area contributed by atoms with Crippen LogP contribution in [0.2, 0.25) is 0 Å². The molecule has 2 saturated carbocycles. The van der Waals surface area contributed by atoms with Gasteiger partial charge < -0.3 is 10.0 Å². The molecule has 2 aliphatic rings. The van der Waals surface area contributed by atoms with Gasteiger partial charge in [-0.3, -0.25) is 0 Å². The van der Waals surface area contributed by atoms with Crippen molar-refractivity contribution in [1.29, 1.82) is 0 Å². The lowest BCUT2D eigenvalue weighted by Gasteiger charge is -2.38. The van der Waals surface area contributed by atoms with Gasteiger partial charge in [0.25, 0.3) is 0 Å². The zero-order valence-electron chi connectivity index (χ0n) is 12.3. The number of fused-ring (bicyclic) bond motifs is 2. The molecule has 0 amide bonds. The summed E-state index contributed by atoms with van der Waals surface area (Å²) >= 11 is 0. The number of aromatic hydroxyl groups is 1. The fourth-order valence-electron chi connectivity index (χ4n) is 4.45. The molecule has 3 heteroatoms. The van der Waals surface area contributed by atoms with Crippen molar-refractivity contribution in [2.24, 2.45) is 17.8 Å². The molecule has 0 saturated heterocycles. The Morgan fingerprint density at radius 3 is 2.80 bits per heavy atom. The molecule has 3 rings (SSSR count). The second-order valence-electron chi connectivity index (χ2n) is 6.91. The third-order valence-electron chi connectivity index (χ3n) is 5.25. The minimum atomic E-state index is -0.155. The van der Waals surface area contributed by atoms with Crippen molar-refractivity contribution >= 4 is 0 Å². The molecule has 2 aliphatic carbocycles. The van der Waals surface area contributed by atoms with Crippen LogP contribution in [0.5, 0.6) is 5.75 Å². The van der Waals surface area contributed by atoms with Gasteiger partial charge in [0.2, 0.25) is 0 Å². The van der Waals surface area contributed by atoms with E-state index >= 15 is 0 Å². The molecule has 1 N–H and O–H groups in total. The van der Waals surface area contributed by atoms with Gasteiger partial charge in [0, 0.05) is 6.54 Å². The standard InChI is InChI=1S/C17H24FNO/c1-19(2)10-16-12-4-3-11(7-12)8-14(16)15-9-13(20)5-6-17(15)18/h5-6,9,11-12,14,16,20H,3-4,7-8,10H2,1-2H3/t11-,12+,14-,16-/m0/s1. The predicted octanol–water partition coefficient (Wildman–Crippen LogP) is 3.61. The molecule has 20 heavy (non-hydrogen) atoms. The summed E-state index contributed by atoms with van der Waals surface area (Å²) < 4.78 is 14.2. The molecule has 0 aliphatic heterocycles. The first-order valence-corrected chi connectivity index (χ1v) is 7.67. The third-order valence-corrected chi connectivity index (χ3v) is 5.25. The number of phenols is 1. The molecular formula is C17H24FNO. The SMILES string of the molecule is CN(C)C[C@H]1[C@@H]2CC[C@@H](C2)C[C@H]1c1cc(O)ccc1F. The molecule has 0 heterocycles. The third kappa shape index (κ3) is 2.56. The summed E-state index contributed by atoms with van der Waals surface area (Å²) in [5.41, 5.74) is 0.730. The summed E-state index contributed by atoms with van der Waals surface area (Å²) in [7, 11) is 4.19. The highest BCUT2D eigenvalue weighted by Crippen LogP contribution is 2.52. The molecule has 110 valence electrons. The van der Waals surface area contributed by atoms with Crippen molar-refractivity contribution in [3.63, 3.8) is 0 Å². The summed E-state index contributed by atoms with van der Waals surface area (Å²) in [6.45, 7) is 1.01. The minimum Gasteiger partial charge on any atom is -0.508 e. The molecule has 1 aromatic carbocycles. The van der Waals surface area contributed by atoms with E-state index in [0.717, 1.165) is 30.4 Å². The first-order valence-electron chi connectivity index (χ1n) is 7.67. The lowest BCUT2D eigenvalue weighted by molar-refractivity contribution is 0.162. The molecule has 2 fully saturated rings. The van der Waals surface area contributed by atoms with Crippen LogP contribution >= 0.6 is 0 Å². The van der Waals surface area contributed by atoms with Crippen molar-refractivity contribution in [2.45, 2.75) is 31.6 Å². The number of rotatable bonds is 3. The second-order valence-corrected chi connectivity index (χ2v) is 6.91. The van der Waals surface area contributed by atoms with Gasteiger partial charge in [-0.05, 0) is 80.8 Å². The number of phenolic OH excluding ortho intramolecular Hbond substituents is 1. The number of halogens is 1. The Bertz CT molecular complexity index is 488. The predicted molar refractivity (Wildman–Crippen MR) is 78.3 cm³/mol. The molecule has 2 nitrogen and oxygen atoms in total. The highest BCUT2D eigenvalue weighted by Gasteiger charge is 2.43. The van der Waals surface area contributed by atoms with Gasteiger partial charge in [-0.2, -0.15) is 0 Å². The smallest absolute Gasteiger partial charge is 0.126 e. The Morgan fingerprint density at radius 2 is 2.05 bits per heavy atom. The Kier molecular flexibility index (Phi) is 3.72. The van der Waals surface area contributed by atoms with E-state index in [1.165, 1.54) is 31.4 Å². The maximum Gasteiger partial charge on any atom is 0.126 e. The molecule has 0 spiro atoms. The van der Waals surface area contributed by atoms with Crippen LogP contribution in [0.1, 0.15) is 37.2 Å². The normalized spacial score (nSPS) is 32.8. The molecule has 0 radical (unpaired) electrons. The monoisotopic (exact) mass is 277 g/mol. The van der Waals surface area contributed by atoms with Gasteiger partial charge in [0.1, 0.15) is 11.6 Å². The van der Waals surface area contributed by atoms with Crippen molar-refractivity contribution in [3.8, 4) is 5.75 Å². The van der Waals surface area contributed by atoms with Gasteiger partial charge in [-0.1, -0.05) is 6.42 Å². The van der Waals surface area contributed by atoms with Crippen LogP contribution in [0, 0.1) is 23.6 Å². The average molecular weight is 277 g/mol. The van der Waals surface area contributed by atoms with Crippen molar-refractivity contribution in [3.05, 3.63) is 29.6 Å². The first-order chi connectivity index (χ1) is 9.54. The van der Waals surface area contributed by atoms with E-state index in [9.17, 15) is 9.50 Å². The van der Waals surface area contributed by atoms with E-state index in [1.807, 2.05) is 0 Å². The number of nitrogens with zero attached hydrogens (tertiary/aromatic N) is 1. The highest BCUT2D eigenvalue weighted by molar-refractivity contribution is 5.32. The number of hydrogen-bond acceptors (Lipinski definition) is 2. The molecular weight excluding hydrogens is 253 g/mol. The van der Waals surface area contributed by atoms with E-state index in [-0.39, 0.29) is 17.5 Å². The van der Waals surface area contributed by atoms with Gasteiger partial charge in [-0.15, -0.1) is 0 Å². The molecule has 2 bridgehead atoms. The van der Waals surface area contributed by atoms with Gasteiger partial charge in [0.05, 0.1) is 0 Å². The molecule has 0 aromatic heterocycles. The topological polar surface area (TPSA) is 23.5 Å². The first kappa shape index (κ1) is 13.9. The van der Waals surface area contributed by atoms with Crippen molar-refractivity contribution in [2.75, 3.05) is 20.6 Å². The van der Waals surface area contributed by atoms with E-state index in [4.69, 9.17) is 0 Å². The quantitative estimate of drug-likeness (QED) is 0.912. The lowest BCUT2D eigenvalue weighted by Crippen LogP contribution is -2.34. The zero-order chi connectivity index (χ0) is 14.3. The fraction of sp³-hybridized carbons (Fsp3) is 0.647. The molecule has 4 atom stereocenters. The van der Waals surface area contributed by atoms with Crippen molar-refractivity contribution < 1.29 is 9.50 Å². The molecule has 0 unspecified atom stereocenters. The fourth-order valence-corrected chi connectivity index (χ4v) is 4.45. The van der Waals surface area contributed by atoms with Gasteiger partial charge >= 0.3 is 0 Å². The van der Waals surface area contributed by atoms with Crippen LogP contribution < -0.4 is 0 Å². The lowest BCUT2D eigenvalue weighted by atomic mass is 9.69. The summed E-state index contributed by atoms with van der Waals surface area (Å²) in [6.07, 6.45) is 4.98. The summed E-state index contributed by atoms with van der Waals surface area (Å²) in [4.78, 5) is 2.22. The number of hydrogen-bond donors (Lipinski definition) is 1. The Balaban J connectivity index is 1.94. The van der Waals surface area contributed by atoms with Crippen LogP contribution in [0.3, 0.4) is 0 Å². The molecule has 1 aromatic rings. The maximum atomic E-state index is 14.2. The second kappa shape index (κ2) is 5.36. The minimum absolute atomic E-state index is 0.155. The van der Waals surface area contributed by atoms with Crippen molar-refractivity contribution in [1.82, 2.24) is 4.90 Å². The Labute approximate surface area is 120 Å². The summed E-state index contributed by atoms with van der Waals surface area (Å²) in [5.74, 6) is 2.28.